The molecule has 0 fully saturated rings. The highest BCUT2D eigenvalue weighted by molar-refractivity contribution is 6.07. The molecule has 3 aromatic carbocycles. The molecule has 0 N–H and O–H groups in total. The summed E-state index contributed by atoms with van der Waals surface area (Å²) in [7, 11) is 6.64. The Morgan fingerprint density at radius 2 is 0.682 bits per heavy atom. The molecule has 0 heterocycles. The molecular formula is C18H18O4. The lowest BCUT2D eigenvalue weighted by molar-refractivity contribution is 0.409. The number of rotatable bonds is 4. The third kappa shape index (κ3) is 2.08. The van der Waals surface area contributed by atoms with Gasteiger partial charge in [0.25, 0.3) is 0 Å². The van der Waals surface area contributed by atoms with Crippen LogP contribution in [0.2, 0.25) is 0 Å². The van der Waals surface area contributed by atoms with Crippen LogP contribution < -0.4 is 18.9 Å². The normalized spacial score (nSPS) is 10.7. The van der Waals surface area contributed by atoms with E-state index in [2.05, 4.69) is 0 Å². The van der Waals surface area contributed by atoms with Gasteiger partial charge in [0, 0.05) is 21.5 Å². The first-order valence-corrected chi connectivity index (χ1v) is 6.93. The zero-order chi connectivity index (χ0) is 15.7. The van der Waals surface area contributed by atoms with Gasteiger partial charge in [-0.25, -0.2) is 0 Å². The van der Waals surface area contributed by atoms with Gasteiger partial charge in [0.1, 0.15) is 23.0 Å². The first kappa shape index (κ1) is 14.3. The minimum atomic E-state index is 0.794. The predicted octanol–water partition coefficient (Wildman–Crippen LogP) is 4.03. The van der Waals surface area contributed by atoms with Crippen LogP contribution in [0.1, 0.15) is 0 Å². The van der Waals surface area contributed by atoms with Gasteiger partial charge >= 0.3 is 0 Å². The summed E-state index contributed by atoms with van der Waals surface area (Å²) < 4.78 is 21.9. The molecule has 22 heavy (non-hydrogen) atoms. The van der Waals surface area contributed by atoms with Crippen LogP contribution in [-0.2, 0) is 0 Å². The summed E-state index contributed by atoms with van der Waals surface area (Å²) in [5, 5.41) is 3.89. The summed E-state index contributed by atoms with van der Waals surface area (Å²) >= 11 is 0. The molecule has 0 aliphatic carbocycles. The highest BCUT2D eigenvalue weighted by Gasteiger charge is 2.13. The Labute approximate surface area is 129 Å². The van der Waals surface area contributed by atoms with Gasteiger partial charge in [0.05, 0.1) is 28.4 Å². The smallest absolute Gasteiger partial charge is 0.126 e. The molecule has 0 bridgehead atoms. The first-order valence-electron chi connectivity index (χ1n) is 6.93. The van der Waals surface area contributed by atoms with Gasteiger partial charge in [0.15, 0.2) is 0 Å². The van der Waals surface area contributed by atoms with Crippen molar-refractivity contribution in [3.63, 3.8) is 0 Å². The maximum absolute atomic E-state index is 5.48. The second-order valence-corrected chi connectivity index (χ2v) is 4.88. The molecule has 0 radical (unpaired) electrons. The number of hydrogen-bond acceptors (Lipinski definition) is 4. The van der Waals surface area contributed by atoms with E-state index >= 15 is 0 Å². The van der Waals surface area contributed by atoms with Crippen LogP contribution in [0.5, 0.6) is 23.0 Å². The number of hydrogen-bond donors (Lipinski definition) is 0. The molecule has 0 aromatic heterocycles. The van der Waals surface area contributed by atoms with Gasteiger partial charge in [-0.2, -0.15) is 0 Å². The molecule has 4 nitrogen and oxygen atoms in total. The average Bonchev–Trinajstić information content (AvgIpc) is 2.58. The van der Waals surface area contributed by atoms with E-state index < -0.39 is 0 Å². The van der Waals surface area contributed by atoms with E-state index in [1.807, 2.05) is 36.4 Å². The van der Waals surface area contributed by atoms with E-state index in [4.69, 9.17) is 18.9 Å². The third-order valence-corrected chi connectivity index (χ3v) is 3.87. The summed E-state index contributed by atoms with van der Waals surface area (Å²) in [6, 6.07) is 11.7. The van der Waals surface area contributed by atoms with E-state index in [-0.39, 0.29) is 0 Å². The van der Waals surface area contributed by atoms with E-state index in [1.165, 1.54) is 0 Å². The molecule has 3 aromatic rings. The topological polar surface area (TPSA) is 36.9 Å². The van der Waals surface area contributed by atoms with E-state index in [1.54, 1.807) is 28.4 Å². The molecular weight excluding hydrogens is 280 g/mol. The van der Waals surface area contributed by atoms with Gasteiger partial charge < -0.3 is 18.9 Å². The quantitative estimate of drug-likeness (QED) is 0.682. The van der Waals surface area contributed by atoms with E-state index in [9.17, 15) is 0 Å². The Kier molecular flexibility index (Phi) is 3.67. The fraction of sp³-hybridized carbons (Fsp3) is 0.222. The largest absolute Gasteiger partial charge is 0.496 e. The fourth-order valence-corrected chi connectivity index (χ4v) is 2.79. The highest BCUT2D eigenvalue weighted by atomic mass is 16.5. The van der Waals surface area contributed by atoms with Gasteiger partial charge in [-0.05, 0) is 36.4 Å². The average molecular weight is 298 g/mol. The van der Waals surface area contributed by atoms with Crippen LogP contribution in [0.25, 0.3) is 21.5 Å². The van der Waals surface area contributed by atoms with Crippen LogP contribution in [0, 0.1) is 0 Å². The molecule has 114 valence electrons. The first-order chi connectivity index (χ1) is 10.7. The molecule has 0 saturated heterocycles. The maximum Gasteiger partial charge on any atom is 0.126 e. The summed E-state index contributed by atoms with van der Waals surface area (Å²) in [6.07, 6.45) is 0. The van der Waals surface area contributed by atoms with Crippen molar-refractivity contribution in [3.05, 3.63) is 36.4 Å². The van der Waals surface area contributed by atoms with Crippen LogP contribution in [-0.4, -0.2) is 28.4 Å². The maximum atomic E-state index is 5.48. The lowest BCUT2D eigenvalue weighted by Crippen LogP contribution is -1.93. The molecule has 0 unspecified atom stereocenters. The van der Waals surface area contributed by atoms with Crippen molar-refractivity contribution >= 4 is 21.5 Å². The molecule has 0 aliphatic rings. The molecule has 0 amide bonds. The lowest BCUT2D eigenvalue weighted by atomic mass is 10.0. The molecule has 3 rings (SSSR count). The summed E-state index contributed by atoms with van der Waals surface area (Å²) in [5.74, 6) is 3.18. The van der Waals surface area contributed by atoms with Gasteiger partial charge in [-0.1, -0.05) is 0 Å². The summed E-state index contributed by atoms with van der Waals surface area (Å²) in [4.78, 5) is 0. The standard InChI is InChI=1S/C18H18O4/c1-19-15-5-6-16(20-2)12-10-14-13(9-11(12)15)17(21-3)7-8-18(14)22-4/h5-10H,1-4H3. The fourth-order valence-electron chi connectivity index (χ4n) is 2.79. The Morgan fingerprint density at radius 3 is 0.864 bits per heavy atom. The number of fused-ring (bicyclic) bond motifs is 2. The van der Waals surface area contributed by atoms with Crippen molar-refractivity contribution in [2.75, 3.05) is 28.4 Å². The van der Waals surface area contributed by atoms with Gasteiger partial charge in [-0.3, -0.25) is 0 Å². The Morgan fingerprint density at radius 1 is 0.455 bits per heavy atom. The predicted molar refractivity (Wildman–Crippen MR) is 87.7 cm³/mol. The van der Waals surface area contributed by atoms with E-state index in [0.29, 0.717) is 0 Å². The zero-order valence-corrected chi connectivity index (χ0v) is 13.1. The minimum absolute atomic E-state index is 0.794. The van der Waals surface area contributed by atoms with Crippen LogP contribution in [0.15, 0.2) is 36.4 Å². The zero-order valence-electron chi connectivity index (χ0n) is 13.1. The third-order valence-electron chi connectivity index (χ3n) is 3.87. The highest BCUT2D eigenvalue weighted by Crippen LogP contribution is 2.41. The second kappa shape index (κ2) is 5.64. The van der Waals surface area contributed by atoms with Gasteiger partial charge in [0.2, 0.25) is 0 Å². The van der Waals surface area contributed by atoms with Crippen molar-refractivity contribution < 1.29 is 18.9 Å². The Hall–Kier alpha value is -2.62. The van der Waals surface area contributed by atoms with Gasteiger partial charge in [-0.15, -0.1) is 0 Å². The number of benzene rings is 3. The lowest BCUT2D eigenvalue weighted by Gasteiger charge is -2.14. The molecule has 0 aliphatic heterocycles. The summed E-state index contributed by atoms with van der Waals surface area (Å²) in [6.45, 7) is 0. The molecule has 0 atom stereocenters. The number of methoxy groups -OCH3 is 4. The number of ether oxygens (including phenoxy) is 4. The van der Waals surface area contributed by atoms with Crippen molar-refractivity contribution in [2.45, 2.75) is 0 Å². The van der Waals surface area contributed by atoms with E-state index in [0.717, 1.165) is 44.5 Å². The van der Waals surface area contributed by atoms with Crippen molar-refractivity contribution in [1.82, 2.24) is 0 Å². The SMILES string of the molecule is COc1ccc(OC)c2cc3c(OC)ccc(OC)c3cc12. The van der Waals surface area contributed by atoms with Crippen molar-refractivity contribution in [1.29, 1.82) is 0 Å². The molecule has 0 spiro atoms. The van der Waals surface area contributed by atoms with Crippen LogP contribution in [0.4, 0.5) is 0 Å². The molecule has 4 heteroatoms. The Balaban J connectivity index is 2.49. The monoisotopic (exact) mass is 298 g/mol. The van der Waals surface area contributed by atoms with Crippen molar-refractivity contribution in [2.24, 2.45) is 0 Å². The molecule has 0 saturated carbocycles. The van der Waals surface area contributed by atoms with Crippen LogP contribution in [0.3, 0.4) is 0 Å². The summed E-state index contributed by atoms with van der Waals surface area (Å²) in [5.41, 5.74) is 0. The van der Waals surface area contributed by atoms with Crippen LogP contribution >= 0.6 is 0 Å². The second-order valence-electron chi connectivity index (χ2n) is 4.88. The van der Waals surface area contributed by atoms with Crippen molar-refractivity contribution in [3.8, 4) is 23.0 Å². The minimum Gasteiger partial charge on any atom is -0.496 e. The Bertz CT molecular complexity index is 702.